The van der Waals surface area contributed by atoms with Crippen LogP contribution in [0.25, 0.3) is 0 Å². The van der Waals surface area contributed by atoms with Gasteiger partial charge in [0, 0.05) is 0 Å². The van der Waals surface area contributed by atoms with Gasteiger partial charge in [-0.05, 0) is 0 Å². The van der Waals surface area contributed by atoms with Crippen LogP contribution >= 0.6 is 7.60 Å². The average Bonchev–Trinajstić information content (AvgIpc) is 1.35. The molecule has 6 heteroatoms. The number of hydrogen-bond acceptors (Lipinski definition) is 2. The van der Waals surface area contributed by atoms with Crippen molar-refractivity contribution < 1.29 is 19.5 Å². The van der Waals surface area contributed by atoms with Gasteiger partial charge in [-0.2, -0.15) is 0 Å². The van der Waals surface area contributed by atoms with Crippen LogP contribution in [0.5, 0.6) is 0 Å². The second kappa shape index (κ2) is 4.04. The quantitative estimate of drug-likeness (QED) is 0.301. The third-order valence-electron chi connectivity index (χ3n) is 0.184. The van der Waals surface area contributed by atoms with Crippen molar-refractivity contribution in [1.29, 1.82) is 0 Å². The van der Waals surface area contributed by atoms with Gasteiger partial charge in [-0.25, -0.2) is 0 Å². The fraction of sp³-hybridized carbons (Fsp3) is 1.00. The van der Waals surface area contributed by atoms with Crippen molar-refractivity contribution in [3.05, 3.63) is 0 Å². The topological polar surface area (TPSA) is 77.8 Å². The van der Waals surface area contributed by atoms with Crippen molar-refractivity contribution in [3.8, 4) is 0 Å². The molecule has 0 heterocycles. The van der Waals surface area contributed by atoms with Gasteiger partial charge in [0.1, 0.15) is 6.35 Å². The monoisotopic (exact) mass is 136 g/mol. The molecule has 7 heavy (non-hydrogen) atoms. The first-order chi connectivity index (χ1) is 2.56. The molecular weight excluding hydrogens is 130 g/mol. The van der Waals surface area contributed by atoms with Crippen molar-refractivity contribution in [2.45, 2.75) is 0 Å². The van der Waals surface area contributed by atoms with Crippen LogP contribution in [0.2, 0.25) is 0 Å². The van der Waals surface area contributed by atoms with E-state index in [9.17, 15) is 4.57 Å². The summed E-state index contributed by atoms with van der Waals surface area (Å²) in [6.07, 6.45) is -1.06. The molecule has 0 saturated carbocycles. The Morgan fingerprint density at radius 2 is 1.57 bits per heavy atom. The van der Waals surface area contributed by atoms with Gasteiger partial charge in [0.05, 0.1) is 0 Å². The van der Waals surface area contributed by atoms with E-state index >= 15 is 0 Å². The van der Waals surface area contributed by atoms with E-state index in [0.717, 1.165) is 0 Å². The van der Waals surface area contributed by atoms with Crippen LogP contribution in [0.15, 0.2) is 0 Å². The minimum atomic E-state index is -4.09. The first-order valence-electron chi connectivity index (χ1n) is 1.22. The zero-order valence-electron chi connectivity index (χ0n) is 2.90. The third-order valence-corrected chi connectivity index (χ3v) is 0.553. The molecule has 0 amide bonds. The van der Waals surface area contributed by atoms with Crippen LogP contribution in [-0.2, 0) is 4.57 Å². The van der Waals surface area contributed by atoms with Crippen molar-refractivity contribution in [1.82, 2.24) is 0 Å². The summed E-state index contributed by atoms with van der Waals surface area (Å²) in [5.74, 6) is 0. The molecule has 40 valence electrons. The second-order valence-corrected chi connectivity index (χ2v) is 2.42. The van der Waals surface area contributed by atoms with E-state index in [4.69, 9.17) is 14.9 Å². The van der Waals surface area contributed by atoms with E-state index in [1.165, 1.54) is 0 Å². The number of aliphatic hydroxyl groups is 1. The normalized spacial score (nSPS) is 10.1. The molecule has 0 fully saturated rings. The van der Waals surface area contributed by atoms with Gasteiger partial charge in [0.15, 0.2) is 0 Å². The summed E-state index contributed by atoms with van der Waals surface area (Å²) in [6, 6.07) is 0. The summed E-state index contributed by atoms with van der Waals surface area (Å²) in [4.78, 5) is 15.4. The van der Waals surface area contributed by atoms with Gasteiger partial charge in [0.2, 0.25) is 0 Å². The molecule has 0 atom stereocenters. The van der Waals surface area contributed by atoms with E-state index in [1.54, 1.807) is 0 Å². The molecule has 0 aliphatic heterocycles. The molecule has 0 aromatic rings. The molecule has 0 aliphatic rings. The Balaban J connectivity index is 0. The van der Waals surface area contributed by atoms with Crippen LogP contribution < -0.4 is 0 Å². The van der Waals surface area contributed by atoms with Crippen LogP contribution in [0.4, 0.5) is 0 Å². The Bertz CT molecular complexity index is 75.8. The maximum atomic E-state index is 9.44. The SMILES string of the molecule is O=P(O)(O)CO.[NaH]. The van der Waals surface area contributed by atoms with Crippen LogP contribution in [0.3, 0.4) is 0 Å². The molecule has 0 radical (unpaired) electrons. The van der Waals surface area contributed by atoms with Gasteiger partial charge in [0.25, 0.3) is 0 Å². The summed E-state index contributed by atoms with van der Waals surface area (Å²) < 4.78 is 9.44. The first-order valence-corrected chi connectivity index (χ1v) is 3.01. The van der Waals surface area contributed by atoms with E-state index in [-0.39, 0.29) is 29.6 Å². The van der Waals surface area contributed by atoms with Crippen LogP contribution in [0.1, 0.15) is 0 Å². The fourth-order valence-corrected chi connectivity index (χ4v) is 0. The summed E-state index contributed by atoms with van der Waals surface area (Å²) in [5, 5.41) is 7.64. The van der Waals surface area contributed by atoms with Crippen LogP contribution in [0, 0.1) is 0 Å². The van der Waals surface area contributed by atoms with Gasteiger partial charge < -0.3 is 14.9 Å². The molecule has 0 spiro atoms. The Labute approximate surface area is 63.0 Å². The summed E-state index contributed by atoms with van der Waals surface area (Å²) >= 11 is 0. The average molecular weight is 136 g/mol. The number of rotatable bonds is 1. The van der Waals surface area contributed by atoms with E-state index < -0.39 is 13.9 Å². The molecule has 3 N–H and O–H groups in total. The zero-order valence-corrected chi connectivity index (χ0v) is 3.80. The second-order valence-electron chi connectivity index (χ2n) is 0.806. The molecule has 0 bridgehead atoms. The summed E-state index contributed by atoms with van der Waals surface area (Å²) in [5.41, 5.74) is 0. The fourth-order valence-electron chi connectivity index (χ4n) is 0. The molecule has 0 saturated heterocycles. The van der Waals surface area contributed by atoms with E-state index in [2.05, 4.69) is 0 Å². The first kappa shape index (κ1) is 11.0. The van der Waals surface area contributed by atoms with E-state index in [0.29, 0.717) is 0 Å². The Kier molecular flexibility index (Phi) is 6.33. The van der Waals surface area contributed by atoms with E-state index in [1.807, 2.05) is 0 Å². The predicted octanol–water partition coefficient (Wildman–Crippen LogP) is -1.53. The molecule has 0 rings (SSSR count). The van der Waals surface area contributed by atoms with Crippen molar-refractivity contribution in [3.63, 3.8) is 0 Å². The van der Waals surface area contributed by atoms with Gasteiger partial charge in [-0.15, -0.1) is 0 Å². The third kappa shape index (κ3) is 11.0. The Morgan fingerprint density at radius 1 is 1.43 bits per heavy atom. The molecular formula is CH6NaO4P. The Hall–Kier alpha value is 1.11. The zero-order chi connectivity index (χ0) is 5.21. The van der Waals surface area contributed by atoms with Crippen molar-refractivity contribution in [2.24, 2.45) is 0 Å². The molecule has 0 aromatic heterocycles. The molecule has 0 aliphatic carbocycles. The van der Waals surface area contributed by atoms with Gasteiger partial charge >= 0.3 is 37.2 Å². The minimum absolute atomic E-state index is 0. The summed E-state index contributed by atoms with van der Waals surface area (Å²) in [7, 11) is -4.09. The maximum absolute atomic E-state index is 9.44. The van der Waals surface area contributed by atoms with Crippen molar-refractivity contribution >= 4 is 37.2 Å². The standard InChI is InChI=1S/CH5O4P.Na.H/c2-1-6(3,4)5;;/h2H,1H2,(H2,3,4,5);;. The molecule has 0 aromatic carbocycles. The van der Waals surface area contributed by atoms with Crippen LogP contribution in [-0.4, -0.2) is 50.8 Å². The van der Waals surface area contributed by atoms with Crippen molar-refractivity contribution in [2.75, 3.05) is 6.35 Å². The number of aliphatic hydroxyl groups excluding tert-OH is 1. The molecule has 0 unspecified atom stereocenters. The number of hydrogen-bond donors (Lipinski definition) is 3. The predicted molar refractivity (Wildman–Crippen MR) is 26.3 cm³/mol. The summed E-state index contributed by atoms with van der Waals surface area (Å²) in [6.45, 7) is 0. The molecule has 4 nitrogen and oxygen atoms in total. The van der Waals surface area contributed by atoms with Gasteiger partial charge in [-0.3, -0.25) is 4.57 Å². The van der Waals surface area contributed by atoms with Gasteiger partial charge in [-0.1, -0.05) is 0 Å². The Morgan fingerprint density at radius 3 is 1.57 bits per heavy atom.